The molecule has 1 aromatic heterocycles. The molecule has 2 heterocycles. The summed E-state index contributed by atoms with van der Waals surface area (Å²) in [6, 6.07) is 17.8. The number of amides is 1. The molecule has 23 heavy (non-hydrogen) atoms. The minimum atomic E-state index is -0.643. The summed E-state index contributed by atoms with van der Waals surface area (Å²) in [5.74, 6) is -0.0411. The van der Waals surface area contributed by atoms with Crippen LogP contribution in [0.2, 0.25) is 0 Å². The van der Waals surface area contributed by atoms with Gasteiger partial charge in [-0.15, -0.1) is 5.10 Å². The highest BCUT2D eigenvalue weighted by Gasteiger charge is 2.22. The number of rotatable bonds is 2. The van der Waals surface area contributed by atoms with Gasteiger partial charge in [0.15, 0.2) is 5.82 Å². The Morgan fingerprint density at radius 1 is 1.04 bits per heavy atom. The summed E-state index contributed by atoms with van der Waals surface area (Å²) in [5, 5.41) is 4.24. The number of aromatic nitrogens is 3. The van der Waals surface area contributed by atoms with Crippen LogP contribution in [0.15, 0.2) is 59.6 Å². The molecule has 0 aliphatic carbocycles. The zero-order valence-corrected chi connectivity index (χ0v) is 12.2. The third kappa shape index (κ3) is 2.20. The van der Waals surface area contributed by atoms with Gasteiger partial charge in [-0.05, 0) is 6.07 Å². The highest BCUT2D eigenvalue weighted by Crippen LogP contribution is 2.23. The molecule has 0 bridgehead atoms. The molecule has 1 aliphatic heterocycles. The Bertz CT molecular complexity index is 927. The SMILES string of the molecule is NC(=O)c1nc2n(n1)-c1ccccc1C(c1ccccc1)=NC2. The maximum Gasteiger partial charge on any atom is 0.288 e. The van der Waals surface area contributed by atoms with Crippen molar-refractivity contribution in [2.24, 2.45) is 10.7 Å². The molecule has 2 aromatic carbocycles. The van der Waals surface area contributed by atoms with E-state index in [2.05, 4.69) is 15.1 Å². The molecule has 6 heteroatoms. The second-order valence-corrected chi connectivity index (χ2v) is 5.18. The fraction of sp³-hybridized carbons (Fsp3) is 0.0588. The van der Waals surface area contributed by atoms with Crippen molar-refractivity contribution in [3.05, 3.63) is 77.4 Å². The van der Waals surface area contributed by atoms with E-state index in [1.54, 1.807) is 4.68 Å². The number of fused-ring (bicyclic) bond motifs is 3. The van der Waals surface area contributed by atoms with Crippen molar-refractivity contribution in [3.63, 3.8) is 0 Å². The average Bonchev–Trinajstić information content (AvgIpc) is 2.95. The normalized spacial score (nSPS) is 12.8. The van der Waals surface area contributed by atoms with E-state index in [4.69, 9.17) is 5.73 Å². The fourth-order valence-corrected chi connectivity index (χ4v) is 2.68. The van der Waals surface area contributed by atoms with Gasteiger partial charge in [0.2, 0.25) is 5.82 Å². The van der Waals surface area contributed by atoms with Crippen molar-refractivity contribution in [1.29, 1.82) is 0 Å². The standard InChI is InChI=1S/C17H13N5O/c18-16(23)17-20-14-10-19-15(11-6-2-1-3-7-11)12-8-4-5-9-13(12)22(14)21-17/h1-9H,10H2,(H2,18,23). The van der Waals surface area contributed by atoms with Gasteiger partial charge in [0.05, 0.1) is 17.9 Å². The van der Waals surface area contributed by atoms with Gasteiger partial charge in [-0.3, -0.25) is 9.79 Å². The predicted octanol–water partition coefficient (Wildman–Crippen LogP) is 1.72. The molecular weight excluding hydrogens is 290 g/mol. The number of nitrogens with two attached hydrogens (primary N) is 1. The molecule has 0 atom stereocenters. The quantitative estimate of drug-likeness (QED) is 0.782. The van der Waals surface area contributed by atoms with E-state index >= 15 is 0 Å². The molecule has 2 N–H and O–H groups in total. The summed E-state index contributed by atoms with van der Waals surface area (Å²) in [6.07, 6.45) is 0. The van der Waals surface area contributed by atoms with Gasteiger partial charge in [0.1, 0.15) is 0 Å². The lowest BCUT2D eigenvalue weighted by molar-refractivity contribution is 0.0990. The predicted molar refractivity (Wildman–Crippen MR) is 85.7 cm³/mol. The maximum absolute atomic E-state index is 11.4. The van der Waals surface area contributed by atoms with E-state index in [9.17, 15) is 4.79 Å². The minimum absolute atomic E-state index is 0.00756. The number of nitrogens with zero attached hydrogens (tertiary/aromatic N) is 4. The van der Waals surface area contributed by atoms with Crippen molar-refractivity contribution in [2.75, 3.05) is 0 Å². The first-order chi connectivity index (χ1) is 11.2. The number of hydrogen-bond donors (Lipinski definition) is 1. The van der Waals surface area contributed by atoms with Gasteiger partial charge >= 0.3 is 0 Å². The number of benzene rings is 2. The molecule has 0 unspecified atom stereocenters. The Morgan fingerprint density at radius 2 is 1.78 bits per heavy atom. The van der Waals surface area contributed by atoms with E-state index in [0.29, 0.717) is 12.4 Å². The van der Waals surface area contributed by atoms with Crippen LogP contribution < -0.4 is 5.73 Å². The zero-order valence-electron chi connectivity index (χ0n) is 12.2. The molecule has 6 nitrogen and oxygen atoms in total. The zero-order chi connectivity index (χ0) is 15.8. The Balaban J connectivity index is 1.94. The van der Waals surface area contributed by atoms with Crippen LogP contribution >= 0.6 is 0 Å². The lowest BCUT2D eigenvalue weighted by atomic mass is 10.0. The number of carbonyl (C=O) groups excluding carboxylic acids is 1. The van der Waals surface area contributed by atoms with Crippen LogP contribution in [0, 0.1) is 0 Å². The Labute approximate surface area is 132 Å². The highest BCUT2D eigenvalue weighted by atomic mass is 16.1. The smallest absolute Gasteiger partial charge is 0.288 e. The fourth-order valence-electron chi connectivity index (χ4n) is 2.68. The molecule has 0 spiro atoms. The maximum atomic E-state index is 11.4. The van der Waals surface area contributed by atoms with Crippen LogP contribution in [0.5, 0.6) is 0 Å². The molecule has 4 rings (SSSR count). The van der Waals surface area contributed by atoms with Gasteiger partial charge in [-0.1, -0.05) is 48.5 Å². The minimum Gasteiger partial charge on any atom is -0.363 e. The number of aliphatic imine (C=N–C) groups is 1. The lowest BCUT2D eigenvalue weighted by Gasteiger charge is -2.10. The summed E-state index contributed by atoms with van der Waals surface area (Å²) in [4.78, 5) is 20.2. The third-order valence-corrected chi connectivity index (χ3v) is 3.71. The first-order valence-electron chi connectivity index (χ1n) is 7.19. The van der Waals surface area contributed by atoms with Crippen LogP contribution in [-0.4, -0.2) is 26.4 Å². The van der Waals surface area contributed by atoms with Crippen molar-refractivity contribution < 1.29 is 4.79 Å². The first-order valence-corrected chi connectivity index (χ1v) is 7.19. The van der Waals surface area contributed by atoms with Crippen molar-refractivity contribution >= 4 is 11.6 Å². The van der Waals surface area contributed by atoms with Crippen LogP contribution in [0.3, 0.4) is 0 Å². The van der Waals surface area contributed by atoms with Crippen LogP contribution in [0.1, 0.15) is 27.6 Å². The number of primary amides is 1. The van der Waals surface area contributed by atoms with Crippen molar-refractivity contribution in [3.8, 4) is 5.69 Å². The van der Waals surface area contributed by atoms with Gasteiger partial charge in [-0.25, -0.2) is 9.67 Å². The highest BCUT2D eigenvalue weighted by molar-refractivity contribution is 6.15. The van der Waals surface area contributed by atoms with Crippen LogP contribution in [0.25, 0.3) is 5.69 Å². The molecule has 1 amide bonds. The third-order valence-electron chi connectivity index (χ3n) is 3.71. The molecular formula is C17H13N5O. The summed E-state index contributed by atoms with van der Waals surface area (Å²) >= 11 is 0. The van der Waals surface area contributed by atoms with Gasteiger partial charge in [-0.2, -0.15) is 0 Å². The topological polar surface area (TPSA) is 86.2 Å². The lowest BCUT2D eigenvalue weighted by Crippen LogP contribution is -2.14. The first kappa shape index (κ1) is 13.4. The summed E-state index contributed by atoms with van der Waals surface area (Å²) < 4.78 is 1.65. The molecule has 0 radical (unpaired) electrons. The molecule has 3 aromatic rings. The molecule has 0 saturated heterocycles. The van der Waals surface area contributed by atoms with E-state index in [1.165, 1.54) is 0 Å². The van der Waals surface area contributed by atoms with Gasteiger partial charge in [0.25, 0.3) is 5.91 Å². The van der Waals surface area contributed by atoms with Crippen LogP contribution in [0.4, 0.5) is 0 Å². The Morgan fingerprint density at radius 3 is 2.57 bits per heavy atom. The summed E-state index contributed by atoms with van der Waals surface area (Å²) in [5.41, 5.74) is 8.98. The van der Waals surface area contributed by atoms with Gasteiger partial charge < -0.3 is 5.73 Å². The molecule has 0 fully saturated rings. The Kier molecular flexibility index (Phi) is 3.01. The summed E-state index contributed by atoms with van der Waals surface area (Å²) in [6.45, 7) is 0.333. The summed E-state index contributed by atoms with van der Waals surface area (Å²) in [7, 11) is 0. The van der Waals surface area contributed by atoms with E-state index in [1.807, 2.05) is 54.6 Å². The molecule has 0 saturated carbocycles. The molecule has 1 aliphatic rings. The number of hydrogen-bond acceptors (Lipinski definition) is 4. The van der Waals surface area contributed by atoms with Crippen molar-refractivity contribution in [2.45, 2.75) is 6.54 Å². The number of carbonyl (C=O) groups is 1. The average molecular weight is 303 g/mol. The van der Waals surface area contributed by atoms with E-state index < -0.39 is 5.91 Å². The Hall–Kier alpha value is -3.28. The van der Waals surface area contributed by atoms with E-state index in [-0.39, 0.29) is 5.82 Å². The number of para-hydroxylation sites is 1. The van der Waals surface area contributed by atoms with E-state index in [0.717, 1.165) is 22.5 Å². The van der Waals surface area contributed by atoms with Gasteiger partial charge in [0, 0.05) is 11.1 Å². The second-order valence-electron chi connectivity index (χ2n) is 5.18. The molecule has 112 valence electrons. The monoisotopic (exact) mass is 303 g/mol. The largest absolute Gasteiger partial charge is 0.363 e. The second kappa shape index (κ2) is 5.17. The van der Waals surface area contributed by atoms with Crippen molar-refractivity contribution in [1.82, 2.24) is 14.8 Å². The van der Waals surface area contributed by atoms with Crippen LogP contribution in [-0.2, 0) is 6.54 Å².